The van der Waals surface area contributed by atoms with Crippen LogP contribution in [-0.2, 0) is 28.5 Å². The lowest BCUT2D eigenvalue weighted by Gasteiger charge is -2.68. The summed E-state index contributed by atoms with van der Waals surface area (Å²) in [5, 5.41) is 5.50. The molecule has 15 rings (SSSR count). The van der Waals surface area contributed by atoms with E-state index in [9.17, 15) is 4.79 Å². The number of methoxy groups -OCH3 is 5. The van der Waals surface area contributed by atoms with Crippen molar-refractivity contribution in [1.82, 2.24) is 0 Å². The molecule has 6 heteroatoms. The van der Waals surface area contributed by atoms with Crippen LogP contribution in [0.3, 0.4) is 0 Å². The molecule has 0 amide bonds. The van der Waals surface area contributed by atoms with Gasteiger partial charge >= 0.3 is 5.97 Å². The van der Waals surface area contributed by atoms with E-state index in [2.05, 4.69) is 137 Å². The van der Waals surface area contributed by atoms with Crippen LogP contribution in [0.1, 0.15) is 215 Å². The third-order valence-corrected chi connectivity index (χ3v) is 29.1. The molecule has 0 N–H and O–H groups in total. The van der Waals surface area contributed by atoms with E-state index >= 15 is 0 Å². The first-order valence-electron chi connectivity index (χ1n) is 34.7. The number of carbonyl (C=O) groups is 1. The molecule has 0 saturated heterocycles. The summed E-state index contributed by atoms with van der Waals surface area (Å²) in [4.78, 5) is 11.9. The van der Waals surface area contributed by atoms with Gasteiger partial charge in [-0.15, -0.1) is 0 Å². The van der Waals surface area contributed by atoms with Crippen molar-refractivity contribution in [3.63, 3.8) is 0 Å². The molecule has 12 aliphatic rings. The highest BCUT2D eigenvalue weighted by atomic mass is 16.5. The third-order valence-electron chi connectivity index (χ3n) is 29.1. The summed E-state index contributed by atoms with van der Waals surface area (Å²) in [5.74, 6) is 9.42. The van der Waals surface area contributed by atoms with Crippen LogP contribution in [0.25, 0.3) is 21.5 Å². The molecule has 0 aromatic heterocycles. The first kappa shape index (κ1) is 62.8. The Hall–Kier alpha value is -2.77. The number of aryl methyl sites for hydroxylation is 2. The fourth-order valence-corrected chi connectivity index (χ4v) is 24.8. The van der Waals surface area contributed by atoms with Gasteiger partial charge in [-0.3, -0.25) is 4.79 Å². The molecular formula is C78H118O6. The van der Waals surface area contributed by atoms with Crippen molar-refractivity contribution in [3.8, 4) is 0 Å². The second-order valence-electron chi connectivity index (χ2n) is 33.3. The molecule has 12 aliphatic carbocycles. The topological polar surface area (TPSA) is 63.2 Å². The summed E-state index contributed by atoms with van der Waals surface area (Å²) in [6, 6.07) is 17.3. The predicted octanol–water partition coefficient (Wildman–Crippen LogP) is 19.6. The number of ether oxygens (including phenoxy) is 5. The lowest BCUT2D eigenvalue weighted by molar-refractivity contribution is -0.243. The Morgan fingerprint density at radius 2 is 1.13 bits per heavy atom. The number of fused-ring (bicyclic) bond motifs is 12. The van der Waals surface area contributed by atoms with Crippen LogP contribution >= 0.6 is 0 Å². The minimum Gasteiger partial charge on any atom is -0.469 e. The van der Waals surface area contributed by atoms with E-state index in [-0.39, 0.29) is 28.3 Å². The highest BCUT2D eigenvalue weighted by Gasteiger charge is 2.69. The van der Waals surface area contributed by atoms with E-state index < -0.39 is 0 Å². The van der Waals surface area contributed by atoms with Crippen LogP contribution < -0.4 is 0 Å². The van der Waals surface area contributed by atoms with Gasteiger partial charge in [-0.1, -0.05) is 123 Å². The normalized spacial score (nSPS) is 45.8. The maximum atomic E-state index is 11.9. The molecule has 11 saturated carbocycles. The first-order valence-corrected chi connectivity index (χ1v) is 34.7. The summed E-state index contributed by atoms with van der Waals surface area (Å²) in [6.45, 7) is 27.2. The number of hydrogen-bond acceptors (Lipinski definition) is 6. The summed E-state index contributed by atoms with van der Waals surface area (Å²) >= 11 is 0. The number of allylic oxidation sites excluding steroid dienone is 2. The molecule has 19 atom stereocenters. The van der Waals surface area contributed by atoms with E-state index in [4.69, 9.17) is 23.7 Å². The molecule has 0 aliphatic heterocycles. The van der Waals surface area contributed by atoms with Gasteiger partial charge in [0.1, 0.15) is 0 Å². The minimum atomic E-state index is -0.0934. The maximum absolute atomic E-state index is 11.9. The molecule has 0 radical (unpaired) electrons. The van der Waals surface area contributed by atoms with Crippen molar-refractivity contribution in [2.45, 2.75) is 242 Å². The molecule has 0 heterocycles. The lowest BCUT2D eigenvalue weighted by atomic mass is 9.39. The van der Waals surface area contributed by atoms with Gasteiger partial charge in [0.05, 0.1) is 31.5 Å². The molecule has 11 fully saturated rings. The van der Waals surface area contributed by atoms with Crippen molar-refractivity contribution < 1.29 is 28.5 Å². The smallest absolute Gasteiger partial charge is 0.305 e. The predicted molar refractivity (Wildman–Crippen MR) is 347 cm³/mol. The SMILES string of the molecule is CC12CC3CC(C1)CC(C)(C3)C2.COC(=O)CC[C@@H](C)[C@H]1CC[C@H]2[C@@H]3[C@H](OC)C[C@]4(C)C[C@H](OC)CC[C@]4(C)[C@H]3C[C@H](OC)[C@]12C.COC1CCC2(C)C(C=CC3C4CCC(C)C4(C)CCC32)C1.Cc1c2ccccc2c(C)c2ccccc12. The molecule has 0 spiro atoms. The van der Waals surface area contributed by atoms with Crippen LogP contribution in [0, 0.1) is 123 Å². The van der Waals surface area contributed by atoms with Gasteiger partial charge in [-0.25, -0.2) is 0 Å². The number of hydrogen-bond donors (Lipinski definition) is 0. The molecular weight excluding hydrogens is 1030 g/mol. The Labute approximate surface area is 511 Å². The van der Waals surface area contributed by atoms with Gasteiger partial charge < -0.3 is 23.7 Å². The Morgan fingerprint density at radius 1 is 0.571 bits per heavy atom. The number of benzene rings is 3. The quantitative estimate of drug-likeness (QED) is 0.127. The molecule has 3 aromatic carbocycles. The van der Waals surface area contributed by atoms with Crippen LogP contribution in [0.4, 0.5) is 0 Å². The van der Waals surface area contributed by atoms with Gasteiger partial charge in [-0.2, -0.15) is 0 Å². The summed E-state index contributed by atoms with van der Waals surface area (Å²) in [7, 11) is 9.14. The van der Waals surface area contributed by atoms with Gasteiger partial charge in [-0.05, 0) is 285 Å². The minimum absolute atomic E-state index is 0.0934. The van der Waals surface area contributed by atoms with E-state index in [1.165, 1.54) is 110 Å². The molecule has 4 bridgehead atoms. The van der Waals surface area contributed by atoms with Gasteiger partial charge in [0.25, 0.3) is 0 Å². The molecule has 84 heavy (non-hydrogen) atoms. The van der Waals surface area contributed by atoms with Gasteiger partial charge in [0.2, 0.25) is 0 Å². The zero-order valence-corrected chi connectivity index (χ0v) is 56.0. The Balaban J connectivity index is 0.000000126. The lowest BCUT2D eigenvalue weighted by Crippen LogP contribution is -2.65. The van der Waals surface area contributed by atoms with E-state index in [1.54, 1.807) is 32.1 Å². The Morgan fingerprint density at radius 3 is 1.68 bits per heavy atom. The van der Waals surface area contributed by atoms with Crippen LogP contribution in [-0.4, -0.2) is 65.9 Å². The van der Waals surface area contributed by atoms with Crippen molar-refractivity contribution in [3.05, 3.63) is 71.8 Å². The second-order valence-corrected chi connectivity index (χ2v) is 33.3. The van der Waals surface area contributed by atoms with E-state index in [0.717, 1.165) is 84.4 Å². The Bertz CT molecular complexity index is 2680. The summed E-state index contributed by atoms with van der Waals surface area (Å²) < 4.78 is 29.2. The number of rotatable bonds is 8. The fourth-order valence-electron chi connectivity index (χ4n) is 24.8. The van der Waals surface area contributed by atoms with Crippen molar-refractivity contribution in [1.29, 1.82) is 0 Å². The number of carbonyl (C=O) groups excluding carboxylic acids is 1. The zero-order valence-electron chi connectivity index (χ0n) is 56.0. The fraction of sp³-hybridized carbons (Fsp3) is 0.782. The van der Waals surface area contributed by atoms with Crippen molar-refractivity contribution >= 4 is 27.5 Å². The molecule has 8 unspecified atom stereocenters. The Kier molecular flexibility index (Phi) is 17.9. The standard InChI is InChI=1S/C29H50O5.C21H34O.C16H14.C12H20/c1-18(9-12-25(30)34-8)20-10-11-21-26-22(15-24(33-7)29(20,21)4)28(3)14-13-19(31-5)16-27(28,2)17-23(26)32-6;1-14-5-8-18-17-7-6-15-13-16(22-4)9-11-21(15,3)19(17)10-12-20(14,18)2;1-11-13-7-3-5-9-15(13)12(2)16-10-6-4-8-14(11)16;1-11-4-9-3-10(5-11)7-12(2,6-9)8-11/h18-24,26H,9-17H2,1-8H3;6-7,14-19H,5,8-13H2,1-4H3;3-10H,1-2H3;9-10H,3-8H2,1-2H3/t18-,19-,20-,21+,22+,23-,24+,26+,27+,28-,29-;;;/m1.../s1. The average Bonchev–Trinajstić information content (AvgIpc) is 1.25. The van der Waals surface area contributed by atoms with Crippen molar-refractivity contribution in [2.24, 2.45) is 109 Å². The van der Waals surface area contributed by atoms with Gasteiger partial charge in [0.15, 0.2) is 0 Å². The first-order chi connectivity index (χ1) is 39.9. The van der Waals surface area contributed by atoms with E-state index in [1.807, 2.05) is 28.4 Å². The zero-order chi connectivity index (χ0) is 59.9. The summed E-state index contributed by atoms with van der Waals surface area (Å²) in [6.07, 6.45) is 35.5. The summed E-state index contributed by atoms with van der Waals surface area (Å²) in [5.41, 5.74) is 6.10. The highest BCUT2D eigenvalue weighted by Crippen LogP contribution is 2.73. The monoisotopic (exact) mass is 1150 g/mol. The largest absolute Gasteiger partial charge is 0.469 e. The second kappa shape index (κ2) is 23.9. The van der Waals surface area contributed by atoms with Crippen LogP contribution in [0.15, 0.2) is 60.7 Å². The molecule has 3 aromatic rings. The average molecular weight is 1150 g/mol. The van der Waals surface area contributed by atoms with Crippen LogP contribution in [0.2, 0.25) is 0 Å². The number of esters is 1. The highest BCUT2D eigenvalue weighted by molar-refractivity contribution is 6.05. The molecule has 6 nitrogen and oxygen atoms in total. The van der Waals surface area contributed by atoms with E-state index in [0.29, 0.717) is 65.2 Å². The van der Waals surface area contributed by atoms with Crippen molar-refractivity contribution in [2.75, 3.05) is 35.5 Å². The molecule has 466 valence electrons. The van der Waals surface area contributed by atoms with Gasteiger partial charge in [0, 0.05) is 40.3 Å². The third kappa shape index (κ3) is 10.8. The maximum Gasteiger partial charge on any atom is 0.305 e. The van der Waals surface area contributed by atoms with Crippen LogP contribution in [0.5, 0.6) is 0 Å².